The van der Waals surface area contributed by atoms with E-state index in [1.54, 1.807) is 42.9 Å². The number of benzene rings is 1. The SMILES string of the molecule is Cc1cnc(-c2cnc(-c3ccncc3C#N)nc2-c2ccc(Cl)cc2Cl)[nH]1. The van der Waals surface area contributed by atoms with E-state index >= 15 is 0 Å². The molecular weight excluding hydrogens is 395 g/mol. The molecule has 3 heterocycles. The Morgan fingerprint density at radius 3 is 2.57 bits per heavy atom. The third-order valence-corrected chi connectivity index (χ3v) is 4.66. The van der Waals surface area contributed by atoms with E-state index in [-0.39, 0.29) is 0 Å². The summed E-state index contributed by atoms with van der Waals surface area (Å²) in [4.78, 5) is 20.7. The van der Waals surface area contributed by atoms with Crippen molar-refractivity contribution in [3.63, 3.8) is 0 Å². The maximum Gasteiger partial charge on any atom is 0.161 e. The molecule has 4 aromatic rings. The molecule has 6 nitrogen and oxygen atoms in total. The number of hydrogen-bond donors (Lipinski definition) is 1. The van der Waals surface area contributed by atoms with Gasteiger partial charge in [0.05, 0.1) is 21.8 Å². The van der Waals surface area contributed by atoms with Crippen LogP contribution >= 0.6 is 23.2 Å². The van der Waals surface area contributed by atoms with Crippen LogP contribution in [0.2, 0.25) is 10.0 Å². The average Bonchev–Trinajstić information content (AvgIpc) is 3.14. The van der Waals surface area contributed by atoms with Crippen molar-refractivity contribution in [2.45, 2.75) is 6.92 Å². The third kappa shape index (κ3) is 3.33. The van der Waals surface area contributed by atoms with Gasteiger partial charge in [0, 0.05) is 46.6 Å². The van der Waals surface area contributed by atoms with Crippen molar-refractivity contribution in [1.29, 1.82) is 5.26 Å². The molecular formula is C20H12Cl2N6. The number of hydrogen-bond acceptors (Lipinski definition) is 5. The second-order valence-corrected chi connectivity index (χ2v) is 6.87. The number of pyridine rings is 1. The van der Waals surface area contributed by atoms with E-state index in [2.05, 4.69) is 26.0 Å². The predicted octanol–water partition coefficient (Wildman–Crippen LogP) is 5.08. The fourth-order valence-electron chi connectivity index (χ4n) is 2.80. The number of aryl methyl sites for hydroxylation is 1. The number of H-pyrrole nitrogens is 1. The van der Waals surface area contributed by atoms with Gasteiger partial charge < -0.3 is 4.98 Å². The van der Waals surface area contributed by atoms with Crippen LogP contribution < -0.4 is 0 Å². The lowest BCUT2D eigenvalue weighted by Crippen LogP contribution is -1.99. The lowest BCUT2D eigenvalue weighted by atomic mass is 10.1. The molecule has 3 aromatic heterocycles. The highest BCUT2D eigenvalue weighted by Gasteiger charge is 2.18. The number of nitrogens with one attached hydrogen (secondary N) is 1. The minimum Gasteiger partial charge on any atom is -0.342 e. The molecule has 136 valence electrons. The summed E-state index contributed by atoms with van der Waals surface area (Å²) >= 11 is 12.5. The standard InChI is InChI=1S/C20H12Cl2N6/c1-11-8-25-20(27-11)16-10-26-19(14-4-5-24-9-12(14)7-23)28-18(16)15-3-2-13(21)6-17(15)22/h2-6,8-10H,1H3,(H,25,27). The molecule has 4 rings (SSSR count). The van der Waals surface area contributed by atoms with E-state index in [1.807, 2.05) is 6.92 Å². The molecule has 0 fully saturated rings. The molecule has 0 atom stereocenters. The van der Waals surface area contributed by atoms with Crippen molar-refractivity contribution in [1.82, 2.24) is 24.9 Å². The summed E-state index contributed by atoms with van der Waals surface area (Å²) in [5, 5.41) is 10.4. The first kappa shape index (κ1) is 18.1. The number of imidazole rings is 1. The smallest absolute Gasteiger partial charge is 0.161 e. The van der Waals surface area contributed by atoms with E-state index in [1.165, 1.54) is 6.20 Å². The van der Waals surface area contributed by atoms with Gasteiger partial charge in [0.25, 0.3) is 0 Å². The zero-order chi connectivity index (χ0) is 19.7. The second-order valence-electron chi connectivity index (χ2n) is 6.03. The van der Waals surface area contributed by atoms with E-state index in [4.69, 9.17) is 28.2 Å². The van der Waals surface area contributed by atoms with Crippen LogP contribution in [-0.4, -0.2) is 24.9 Å². The summed E-state index contributed by atoms with van der Waals surface area (Å²) in [7, 11) is 0. The summed E-state index contributed by atoms with van der Waals surface area (Å²) in [6.45, 7) is 1.91. The lowest BCUT2D eigenvalue weighted by Gasteiger charge is -2.11. The molecule has 0 spiro atoms. The molecule has 1 aromatic carbocycles. The van der Waals surface area contributed by atoms with Gasteiger partial charge in [0.1, 0.15) is 11.9 Å². The van der Waals surface area contributed by atoms with Gasteiger partial charge in [-0.05, 0) is 31.2 Å². The van der Waals surface area contributed by atoms with Gasteiger partial charge >= 0.3 is 0 Å². The van der Waals surface area contributed by atoms with Crippen molar-refractivity contribution >= 4 is 23.2 Å². The number of halogens is 2. The first-order valence-corrected chi connectivity index (χ1v) is 9.01. The van der Waals surface area contributed by atoms with Gasteiger partial charge in [0.2, 0.25) is 0 Å². The van der Waals surface area contributed by atoms with Crippen molar-refractivity contribution in [3.05, 3.63) is 70.4 Å². The van der Waals surface area contributed by atoms with Crippen LogP contribution in [0.25, 0.3) is 34.0 Å². The Morgan fingerprint density at radius 2 is 1.86 bits per heavy atom. The van der Waals surface area contributed by atoms with E-state index in [0.29, 0.717) is 49.6 Å². The molecule has 0 saturated heterocycles. The van der Waals surface area contributed by atoms with Crippen LogP contribution in [0, 0.1) is 18.3 Å². The Bertz CT molecular complexity index is 1230. The number of aromatic nitrogens is 5. The van der Waals surface area contributed by atoms with Gasteiger partial charge in [-0.3, -0.25) is 4.98 Å². The summed E-state index contributed by atoms with van der Waals surface area (Å²) < 4.78 is 0. The summed E-state index contributed by atoms with van der Waals surface area (Å²) in [6, 6.07) is 9.03. The van der Waals surface area contributed by atoms with Crippen LogP contribution in [0.1, 0.15) is 11.3 Å². The monoisotopic (exact) mass is 406 g/mol. The normalized spacial score (nSPS) is 10.6. The van der Waals surface area contributed by atoms with Crippen LogP contribution in [0.4, 0.5) is 0 Å². The summed E-state index contributed by atoms with van der Waals surface area (Å²) in [5.74, 6) is 1.02. The van der Waals surface area contributed by atoms with Crippen molar-refractivity contribution in [2.75, 3.05) is 0 Å². The van der Waals surface area contributed by atoms with Gasteiger partial charge in [-0.25, -0.2) is 15.0 Å². The Morgan fingerprint density at radius 1 is 1.00 bits per heavy atom. The second kappa shape index (κ2) is 7.39. The number of aromatic amines is 1. The maximum atomic E-state index is 9.38. The van der Waals surface area contributed by atoms with Gasteiger partial charge in [-0.1, -0.05) is 23.2 Å². The van der Waals surface area contributed by atoms with Gasteiger partial charge in [-0.15, -0.1) is 0 Å². The fourth-order valence-corrected chi connectivity index (χ4v) is 3.30. The third-order valence-electron chi connectivity index (χ3n) is 4.12. The molecule has 0 unspecified atom stereocenters. The largest absolute Gasteiger partial charge is 0.342 e. The molecule has 1 N–H and O–H groups in total. The Labute approximate surface area is 170 Å². The molecule has 0 radical (unpaired) electrons. The molecule has 8 heteroatoms. The Kier molecular flexibility index (Phi) is 4.78. The van der Waals surface area contributed by atoms with E-state index < -0.39 is 0 Å². The zero-order valence-electron chi connectivity index (χ0n) is 14.6. The number of rotatable bonds is 3. The highest BCUT2D eigenvalue weighted by Crippen LogP contribution is 2.36. The highest BCUT2D eigenvalue weighted by molar-refractivity contribution is 6.36. The molecule has 0 aliphatic heterocycles. The van der Waals surface area contributed by atoms with Crippen molar-refractivity contribution < 1.29 is 0 Å². The first-order valence-electron chi connectivity index (χ1n) is 8.25. The van der Waals surface area contributed by atoms with Crippen molar-refractivity contribution in [3.8, 4) is 40.1 Å². The van der Waals surface area contributed by atoms with Gasteiger partial charge in [-0.2, -0.15) is 5.26 Å². The number of nitrogens with zero attached hydrogens (tertiary/aromatic N) is 5. The fraction of sp³-hybridized carbons (Fsp3) is 0.0500. The Hall–Kier alpha value is -3.27. The highest BCUT2D eigenvalue weighted by atomic mass is 35.5. The topological polar surface area (TPSA) is 91.1 Å². The molecule has 0 aliphatic rings. The lowest BCUT2D eigenvalue weighted by molar-refractivity contribution is 1.15. The van der Waals surface area contributed by atoms with Crippen molar-refractivity contribution in [2.24, 2.45) is 0 Å². The van der Waals surface area contributed by atoms with E-state index in [0.717, 1.165) is 5.69 Å². The minimum absolute atomic E-state index is 0.386. The average molecular weight is 407 g/mol. The minimum atomic E-state index is 0.386. The predicted molar refractivity (Wildman–Crippen MR) is 108 cm³/mol. The summed E-state index contributed by atoms with van der Waals surface area (Å²) in [5.41, 5.74) is 3.85. The molecule has 0 saturated carbocycles. The summed E-state index contributed by atoms with van der Waals surface area (Å²) in [6.07, 6.45) is 6.48. The van der Waals surface area contributed by atoms with E-state index in [9.17, 15) is 5.26 Å². The van der Waals surface area contributed by atoms with Gasteiger partial charge in [0.15, 0.2) is 5.82 Å². The number of nitriles is 1. The van der Waals surface area contributed by atoms with Crippen LogP contribution in [0.15, 0.2) is 49.1 Å². The molecule has 0 amide bonds. The van der Waals surface area contributed by atoms with Crippen LogP contribution in [-0.2, 0) is 0 Å². The molecule has 28 heavy (non-hydrogen) atoms. The van der Waals surface area contributed by atoms with Crippen LogP contribution in [0.5, 0.6) is 0 Å². The zero-order valence-corrected chi connectivity index (χ0v) is 16.1. The van der Waals surface area contributed by atoms with Crippen LogP contribution in [0.3, 0.4) is 0 Å². The molecule has 0 bridgehead atoms. The molecule has 0 aliphatic carbocycles. The maximum absolute atomic E-state index is 9.38. The quantitative estimate of drug-likeness (QED) is 0.511. The first-order chi connectivity index (χ1) is 13.6. The Balaban J connectivity index is 1.98.